The molecule has 1 amide bonds. The Balaban J connectivity index is 1.88. The second-order valence-electron chi connectivity index (χ2n) is 4.57. The standard InChI is InChI=1S/C11H16N4O3/c1-7(16)8-2-4-15(5-3-8)10(17)6-9-12-11(18)14-13-9/h8H,2-6H2,1H3,(H2,12,13,14,18). The van der Waals surface area contributed by atoms with Crippen molar-refractivity contribution in [2.45, 2.75) is 26.2 Å². The van der Waals surface area contributed by atoms with Gasteiger partial charge in [-0.25, -0.2) is 9.89 Å². The maximum atomic E-state index is 11.9. The van der Waals surface area contributed by atoms with Crippen LogP contribution in [0.1, 0.15) is 25.6 Å². The van der Waals surface area contributed by atoms with Crippen LogP contribution in [0.3, 0.4) is 0 Å². The van der Waals surface area contributed by atoms with Gasteiger partial charge in [-0.2, -0.15) is 5.10 Å². The van der Waals surface area contributed by atoms with Crippen LogP contribution in [0.25, 0.3) is 0 Å². The highest BCUT2D eigenvalue weighted by Gasteiger charge is 2.25. The first-order valence-corrected chi connectivity index (χ1v) is 5.98. The molecule has 7 nitrogen and oxygen atoms in total. The van der Waals surface area contributed by atoms with Crippen molar-refractivity contribution in [3.63, 3.8) is 0 Å². The number of carbonyl (C=O) groups excluding carboxylic acids is 2. The maximum absolute atomic E-state index is 11.9. The molecule has 1 aromatic rings. The molecule has 2 heterocycles. The maximum Gasteiger partial charge on any atom is 0.340 e. The molecule has 18 heavy (non-hydrogen) atoms. The first-order chi connectivity index (χ1) is 8.56. The van der Waals surface area contributed by atoms with Crippen LogP contribution in [0, 0.1) is 5.92 Å². The van der Waals surface area contributed by atoms with Gasteiger partial charge in [0.05, 0.1) is 6.42 Å². The fourth-order valence-electron chi connectivity index (χ4n) is 2.18. The summed E-state index contributed by atoms with van der Waals surface area (Å²) in [5, 5.41) is 5.92. The third-order valence-electron chi connectivity index (χ3n) is 3.29. The van der Waals surface area contributed by atoms with Crippen molar-refractivity contribution >= 4 is 11.7 Å². The molecule has 1 fully saturated rings. The zero-order valence-corrected chi connectivity index (χ0v) is 10.2. The van der Waals surface area contributed by atoms with Crippen molar-refractivity contribution in [2.75, 3.05) is 13.1 Å². The number of amides is 1. The number of likely N-dealkylation sites (tertiary alicyclic amines) is 1. The Morgan fingerprint density at radius 2 is 2.06 bits per heavy atom. The summed E-state index contributed by atoms with van der Waals surface area (Å²) in [5.74, 6) is 0.552. The number of H-pyrrole nitrogens is 2. The number of ketones is 1. The first-order valence-electron chi connectivity index (χ1n) is 5.98. The molecule has 0 aliphatic carbocycles. The number of aromatic nitrogens is 3. The molecule has 1 saturated heterocycles. The van der Waals surface area contributed by atoms with Crippen LogP contribution in [-0.2, 0) is 16.0 Å². The predicted molar refractivity (Wildman–Crippen MR) is 62.9 cm³/mol. The lowest BCUT2D eigenvalue weighted by Gasteiger charge is -2.30. The zero-order valence-electron chi connectivity index (χ0n) is 10.2. The van der Waals surface area contributed by atoms with Gasteiger partial charge < -0.3 is 4.90 Å². The van der Waals surface area contributed by atoms with E-state index in [-0.39, 0.29) is 24.0 Å². The highest BCUT2D eigenvalue weighted by atomic mass is 16.2. The van der Waals surface area contributed by atoms with Crippen molar-refractivity contribution in [1.29, 1.82) is 0 Å². The summed E-state index contributed by atoms with van der Waals surface area (Å²) >= 11 is 0. The minimum Gasteiger partial charge on any atom is -0.342 e. The molecule has 1 aromatic heterocycles. The summed E-state index contributed by atoms with van der Waals surface area (Å²) in [6.07, 6.45) is 1.53. The molecule has 0 atom stereocenters. The number of Topliss-reactive ketones (excluding diaryl/α,β-unsaturated/α-hetero) is 1. The monoisotopic (exact) mass is 252 g/mol. The number of nitrogens with one attached hydrogen (secondary N) is 2. The Morgan fingerprint density at radius 1 is 1.39 bits per heavy atom. The molecule has 98 valence electrons. The molecule has 0 bridgehead atoms. The quantitative estimate of drug-likeness (QED) is 0.755. The molecular weight excluding hydrogens is 236 g/mol. The van der Waals surface area contributed by atoms with Gasteiger partial charge in [-0.1, -0.05) is 0 Å². The Bertz CT molecular complexity index is 496. The molecular formula is C11H16N4O3. The van der Waals surface area contributed by atoms with E-state index < -0.39 is 5.69 Å². The average Bonchev–Trinajstić information content (AvgIpc) is 2.75. The van der Waals surface area contributed by atoms with Gasteiger partial charge in [0.1, 0.15) is 11.6 Å². The van der Waals surface area contributed by atoms with Crippen LogP contribution in [0.2, 0.25) is 0 Å². The number of rotatable bonds is 3. The zero-order chi connectivity index (χ0) is 13.1. The third-order valence-corrected chi connectivity index (χ3v) is 3.29. The van der Waals surface area contributed by atoms with Crippen LogP contribution in [0.15, 0.2) is 4.79 Å². The van der Waals surface area contributed by atoms with Crippen LogP contribution < -0.4 is 5.69 Å². The van der Waals surface area contributed by atoms with Gasteiger partial charge >= 0.3 is 5.69 Å². The smallest absolute Gasteiger partial charge is 0.340 e. The number of hydrogen-bond acceptors (Lipinski definition) is 4. The number of carbonyl (C=O) groups is 2. The van der Waals surface area contributed by atoms with Gasteiger partial charge in [0.2, 0.25) is 5.91 Å². The molecule has 2 N–H and O–H groups in total. The van der Waals surface area contributed by atoms with Gasteiger partial charge in [-0.05, 0) is 19.8 Å². The summed E-state index contributed by atoms with van der Waals surface area (Å²) in [4.78, 5) is 38.1. The lowest BCUT2D eigenvalue weighted by atomic mass is 9.93. The Kier molecular flexibility index (Phi) is 3.59. The summed E-state index contributed by atoms with van der Waals surface area (Å²) in [6.45, 7) is 2.78. The SMILES string of the molecule is CC(=O)C1CCN(C(=O)Cc2n[nH]c(=O)[nH]2)CC1. The van der Waals surface area contributed by atoms with Crippen LogP contribution in [0.4, 0.5) is 0 Å². The Morgan fingerprint density at radius 3 is 2.56 bits per heavy atom. The van der Waals surface area contributed by atoms with E-state index in [1.165, 1.54) is 0 Å². The van der Waals surface area contributed by atoms with Gasteiger partial charge in [0, 0.05) is 19.0 Å². The average molecular weight is 252 g/mol. The van der Waals surface area contributed by atoms with Gasteiger partial charge in [0.15, 0.2) is 0 Å². The molecule has 1 aliphatic rings. The van der Waals surface area contributed by atoms with Gasteiger partial charge in [0.25, 0.3) is 0 Å². The number of nitrogens with zero attached hydrogens (tertiary/aromatic N) is 2. The van der Waals surface area contributed by atoms with E-state index in [1.54, 1.807) is 11.8 Å². The van der Waals surface area contributed by atoms with Gasteiger partial charge in [-0.3, -0.25) is 14.6 Å². The predicted octanol–water partition coefficient (Wildman–Crippen LogP) is -0.532. The molecule has 0 saturated carbocycles. The highest BCUT2D eigenvalue weighted by Crippen LogP contribution is 2.18. The van der Waals surface area contributed by atoms with E-state index in [1.807, 2.05) is 0 Å². The summed E-state index contributed by atoms with van der Waals surface area (Å²) < 4.78 is 0. The molecule has 0 spiro atoms. The molecule has 0 radical (unpaired) electrons. The topological polar surface area (TPSA) is 98.9 Å². The van der Waals surface area contributed by atoms with Gasteiger partial charge in [-0.15, -0.1) is 0 Å². The Labute approximate surface area is 104 Å². The molecule has 0 aromatic carbocycles. The lowest BCUT2D eigenvalue weighted by Crippen LogP contribution is -2.40. The summed E-state index contributed by atoms with van der Waals surface area (Å²) in [6, 6.07) is 0. The molecule has 1 aliphatic heterocycles. The van der Waals surface area contributed by atoms with E-state index in [2.05, 4.69) is 15.2 Å². The van der Waals surface area contributed by atoms with Crippen molar-refractivity contribution in [1.82, 2.24) is 20.1 Å². The normalized spacial score (nSPS) is 16.8. The fourth-order valence-corrected chi connectivity index (χ4v) is 2.18. The number of hydrogen-bond donors (Lipinski definition) is 2. The van der Waals surface area contributed by atoms with E-state index in [0.717, 1.165) is 12.8 Å². The van der Waals surface area contributed by atoms with E-state index in [9.17, 15) is 14.4 Å². The van der Waals surface area contributed by atoms with E-state index >= 15 is 0 Å². The van der Waals surface area contributed by atoms with Crippen molar-refractivity contribution in [3.05, 3.63) is 16.3 Å². The van der Waals surface area contributed by atoms with Crippen molar-refractivity contribution in [2.24, 2.45) is 5.92 Å². The second-order valence-corrected chi connectivity index (χ2v) is 4.57. The first kappa shape index (κ1) is 12.5. The van der Waals surface area contributed by atoms with E-state index in [0.29, 0.717) is 18.9 Å². The van der Waals surface area contributed by atoms with Crippen molar-refractivity contribution < 1.29 is 9.59 Å². The van der Waals surface area contributed by atoms with Crippen LogP contribution in [0.5, 0.6) is 0 Å². The molecule has 0 unspecified atom stereocenters. The lowest BCUT2D eigenvalue weighted by molar-refractivity contribution is -0.134. The second kappa shape index (κ2) is 5.16. The molecule has 2 rings (SSSR count). The third kappa shape index (κ3) is 2.85. The minimum atomic E-state index is -0.409. The number of piperidine rings is 1. The largest absolute Gasteiger partial charge is 0.342 e. The summed E-state index contributed by atoms with van der Waals surface area (Å²) in [7, 11) is 0. The fraction of sp³-hybridized carbons (Fsp3) is 0.636. The van der Waals surface area contributed by atoms with E-state index in [4.69, 9.17) is 0 Å². The Hall–Kier alpha value is -1.92. The summed E-state index contributed by atoms with van der Waals surface area (Å²) in [5.41, 5.74) is -0.409. The van der Waals surface area contributed by atoms with Crippen molar-refractivity contribution in [3.8, 4) is 0 Å². The number of aromatic amines is 2. The minimum absolute atomic E-state index is 0.0697. The van der Waals surface area contributed by atoms with Crippen LogP contribution >= 0.6 is 0 Å². The van der Waals surface area contributed by atoms with Crippen LogP contribution in [-0.4, -0.2) is 44.9 Å². The highest BCUT2D eigenvalue weighted by molar-refractivity contribution is 5.80. The molecule has 7 heteroatoms.